The standard InChI is InChI=1S/C20H19F3N6O2/c1-28-16-4-3-12(20(21,22)23)9-15(16)26-17(28)11-29-10-13-14(27-29)5-7-24-18(13)19(31)25-6-2-8-30/h3-5,7,9-10,30H,2,6,8,11H2,1H3,(H,25,31). The Hall–Kier alpha value is -3.47. The van der Waals surface area contributed by atoms with Crippen molar-refractivity contribution in [2.45, 2.75) is 19.1 Å². The maximum absolute atomic E-state index is 13.0. The van der Waals surface area contributed by atoms with Crippen LogP contribution in [0.3, 0.4) is 0 Å². The number of benzene rings is 1. The molecule has 8 nitrogen and oxygen atoms in total. The molecular formula is C20H19F3N6O2. The summed E-state index contributed by atoms with van der Waals surface area (Å²) in [5, 5.41) is 16.5. The van der Waals surface area contributed by atoms with Gasteiger partial charge in [0.15, 0.2) is 0 Å². The van der Waals surface area contributed by atoms with Crippen molar-refractivity contribution in [2.75, 3.05) is 13.2 Å². The minimum atomic E-state index is -4.44. The lowest BCUT2D eigenvalue weighted by atomic mass is 10.2. The van der Waals surface area contributed by atoms with Gasteiger partial charge < -0.3 is 15.0 Å². The lowest BCUT2D eigenvalue weighted by Crippen LogP contribution is -2.26. The first-order valence-corrected chi connectivity index (χ1v) is 9.51. The highest BCUT2D eigenvalue weighted by atomic mass is 19.4. The average Bonchev–Trinajstić information content (AvgIpc) is 3.27. The third-order valence-corrected chi connectivity index (χ3v) is 4.92. The number of hydrogen-bond acceptors (Lipinski definition) is 5. The molecular weight excluding hydrogens is 413 g/mol. The summed E-state index contributed by atoms with van der Waals surface area (Å²) in [5.74, 6) is 0.144. The number of nitrogens with one attached hydrogen (secondary N) is 1. The van der Waals surface area contributed by atoms with Crippen LogP contribution in [0.15, 0.2) is 36.7 Å². The van der Waals surface area contributed by atoms with Crippen molar-refractivity contribution in [3.05, 3.63) is 53.7 Å². The van der Waals surface area contributed by atoms with Crippen molar-refractivity contribution in [1.82, 2.24) is 29.6 Å². The van der Waals surface area contributed by atoms with Crippen molar-refractivity contribution in [3.8, 4) is 0 Å². The van der Waals surface area contributed by atoms with E-state index in [9.17, 15) is 18.0 Å². The monoisotopic (exact) mass is 432 g/mol. The van der Waals surface area contributed by atoms with E-state index in [1.165, 1.54) is 12.3 Å². The van der Waals surface area contributed by atoms with Gasteiger partial charge in [-0.25, -0.2) is 4.98 Å². The van der Waals surface area contributed by atoms with Gasteiger partial charge in [0, 0.05) is 32.6 Å². The highest BCUT2D eigenvalue weighted by Gasteiger charge is 2.31. The number of alkyl halides is 3. The van der Waals surface area contributed by atoms with Gasteiger partial charge >= 0.3 is 6.18 Å². The zero-order valence-corrected chi connectivity index (χ0v) is 16.5. The molecule has 0 spiro atoms. The number of fused-ring (bicyclic) bond motifs is 2. The van der Waals surface area contributed by atoms with Crippen LogP contribution in [0.4, 0.5) is 13.2 Å². The number of imidazole rings is 1. The Labute approximate surface area is 174 Å². The molecule has 3 heterocycles. The SMILES string of the molecule is Cn1c(Cn2cc3c(C(=O)NCCCO)nccc3n2)nc2cc(C(F)(F)F)ccc21. The van der Waals surface area contributed by atoms with Crippen LogP contribution in [0.5, 0.6) is 0 Å². The van der Waals surface area contributed by atoms with Gasteiger partial charge in [-0.2, -0.15) is 18.3 Å². The first-order chi connectivity index (χ1) is 14.8. The van der Waals surface area contributed by atoms with Crippen LogP contribution in [0, 0.1) is 0 Å². The number of aliphatic hydroxyl groups excluding tert-OH is 1. The topological polar surface area (TPSA) is 97.9 Å². The molecule has 0 aliphatic rings. The van der Waals surface area contributed by atoms with Crippen molar-refractivity contribution < 1.29 is 23.1 Å². The zero-order valence-electron chi connectivity index (χ0n) is 16.5. The smallest absolute Gasteiger partial charge is 0.396 e. The third-order valence-electron chi connectivity index (χ3n) is 4.92. The third kappa shape index (κ3) is 4.08. The number of pyridine rings is 1. The summed E-state index contributed by atoms with van der Waals surface area (Å²) in [6, 6.07) is 5.12. The Balaban J connectivity index is 1.64. The molecule has 0 radical (unpaired) electrons. The van der Waals surface area contributed by atoms with Crippen LogP contribution in [0.2, 0.25) is 0 Å². The summed E-state index contributed by atoms with van der Waals surface area (Å²) in [6.07, 6.45) is -0.866. The van der Waals surface area contributed by atoms with Crippen LogP contribution in [-0.2, 0) is 19.8 Å². The van der Waals surface area contributed by atoms with E-state index in [0.717, 1.165) is 12.1 Å². The van der Waals surface area contributed by atoms with Gasteiger partial charge in [-0.05, 0) is 30.7 Å². The molecule has 1 amide bonds. The van der Waals surface area contributed by atoms with Crippen LogP contribution in [-0.4, -0.2) is 48.5 Å². The van der Waals surface area contributed by atoms with E-state index >= 15 is 0 Å². The highest BCUT2D eigenvalue weighted by Crippen LogP contribution is 2.31. The fourth-order valence-electron chi connectivity index (χ4n) is 3.33. The maximum atomic E-state index is 13.0. The minimum Gasteiger partial charge on any atom is -0.396 e. The molecule has 0 saturated carbocycles. The summed E-state index contributed by atoms with van der Waals surface area (Å²) >= 11 is 0. The molecule has 31 heavy (non-hydrogen) atoms. The second kappa shape index (κ2) is 7.99. The average molecular weight is 432 g/mol. The van der Waals surface area contributed by atoms with Gasteiger partial charge in [0.25, 0.3) is 5.91 Å². The molecule has 0 saturated heterocycles. The maximum Gasteiger partial charge on any atom is 0.416 e. The molecule has 0 aliphatic heterocycles. The molecule has 11 heteroatoms. The molecule has 4 rings (SSSR count). The fraction of sp³-hybridized carbons (Fsp3) is 0.300. The Morgan fingerprint density at radius 1 is 1.23 bits per heavy atom. The predicted molar refractivity (Wildman–Crippen MR) is 106 cm³/mol. The lowest BCUT2D eigenvalue weighted by molar-refractivity contribution is -0.137. The van der Waals surface area contributed by atoms with E-state index in [0.29, 0.717) is 35.2 Å². The van der Waals surface area contributed by atoms with E-state index in [1.54, 1.807) is 28.6 Å². The number of aryl methyl sites for hydroxylation is 1. The van der Waals surface area contributed by atoms with Crippen molar-refractivity contribution >= 4 is 27.8 Å². The molecule has 0 fully saturated rings. The van der Waals surface area contributed by atoms with Crippen LogP contribution in [0.1, 0.15) is 28.3 Å². The first kappa shape index (κ1) is 20.8. The Morgan fingerprint density at radius 2 is 2.03 bits per heavy atom. The normalized spacial score (nSPS) is 12.0. The number of amides is 1. The number of nitrogens with zero attached hydrogens (tertiary/aromatic N) is 5. The number of hydrogen-bond donors (Lipinski definition) is 2. The number of carbonyl (C=O) groups is 1. The highest BCUT2D eigenvalue weighted by molar-refractivity contribution is 6.04. The van der Waals surface area contributed by atoms with Gasteiger partial charge in [-0.15, -0.1) is 0 Å². The molecule has 162 valence electrons. The molecule has 1 aromatic carbocycles. The lowest BCUT2D eigenvalue weighted by Gasteiger charge is -2.06. The van der Waals surface area contributed by atoms with Crippen molar-refractivity contribution in [1.29, 1.82) is 0 Å². The molecule has 4 aromatic rings. The fourth-order valence-corrected chi connectivity index (χ4v) is 3.33. The van der Waals surface area contributed by atoms with Crippen molar-refractivity contribution in [3.63, 3.8) is 0 Å². The summed E-state index contributed by atoms with van der Waals surface area (Å²) in [6.45, 7) is 0.492. The predicted octanol–water partition coefficient (Wildman–Crippen LogP) is 2.50. The van der Waals surface area contributed by atoms with E-state index in [-0.39, 0.29) is 30.3 Å². The summed E-state index contributed by atoms with van der Waals surface area (Å²) < 4.78 is 42.3. The molecule has 0 atom stereocenters. The molecule has 3 aromatic heterocycles. The van der Waals surface area contributed by atoms with E-state index in [4.69, 9.17) is 5.11 Å². The van der Waals surface area contributed by atoms with E-state index in [1.807, 2.05) is 0 Å². The quantitative estimate of drug-likeness (QED) is 0.457. The first-order valence-electron chi connectivity index (χ1n) is 9.51. The van der Waals surface area contributed by atoms with Crippen LogP contribution in [0.25, 0.3) is 21.9 Å². The van der Waals surface area contributed by atoms with Gasteiger partial charge in [-0.1, -0.05) is 0 Å². The number of halogens is 3. The second-order valence-electron chi connectivity index (χ2n) is 7.04. The van der Waals surface area contributed by atoms with E-state index < -0.39 is 11.7 Å². The minimum absolute atomic E-state index is 0.0294. The number of rotatable bonds is 6. The van der Waals surface area contributed by atoms with Crippen LogP contribution < -0.4 is 5.32 Å². The second-order valence-corrected chi connectivity index (χ2v) is 7.04. The Kier molecular flexibility index (Phi) is 5.36. The van der Waals surface area contributed by atoms with Crippen LogP contribution >= 0.6 is 0 Å². The van der Waals surface area contributed by atoms with Gasteiger partial charge in [-0.3, -0.25) is 14.5 Å². The van der Waals surface area contributed by atoms with Gasteiger partial charge in [0.1, 0.15) is 11.5 Å². The molecule has 0 aliphatic carbocycles. The molecule has 2 N–H and O–H groups in total. The zero-order chi connectivity index (χ0) is 22.2. The largest absolute Gasteiger partial charge is 0.416 e. The molecule has 0 unspecified atom stereocenters. The summed E-state index contributed by atoms with van der Waals surface area (Å²) in [5.41, 5.74) is 0.833. The summed E-state index contributed by atoms with van der Waals surface area (Å²) in [4.78, 5) is 20.9. The Morgan fingerprint density at radius 3 is 2.77 bits per heavy atom. The molecule has 0 bridgehead atoms. The van der Waals surface area contributed by atoms with E-state index in [2.05, 4.69) is 20.4 Å². The number of aliphatic hydroxyl groups is 1. The summed E-state index contributed by atoms with van der Waals surface area (Å²) in [7, 11) is 1.72. The Bertz CT molecular complexity index is 1260. The van der Waals surface area contributed by atoms with Gasteiger partial charge in [0.2, 0.25) is 0 Å². The van der Waals surface area contributed by atoms with Crippen molar-refractivity contribution in [2.24, 2.45) is 7.05 Å². The van der Waals surface area contributed by atoms with Gasteiger partial charge in [0.05, 0.1) is 34.0 Å². The number of aromatic nitrogens is 5. The number of carbonyl (C=O) groups excluding carboxylic acids is 1.